The summed E-state index contributed by atoms with van der Waals surface area (Å²) < 4.78 is 28.0. The van der Waals surface area contributed by atoms with Crippen LogP contribution < -0.4 is 4.31 Å². The van der Waals surface area contributed by atoms with Crippen LogP contribution in [0.2, 0.25) is 0 Å². The van der Waals surface area contributed by atoms with E-state index in [1.165, 1.54) is 10.5 Å². The Morgan fingerprint density at radius 3 is 2.74 bits per heavy atom. The Morgan fingerprint density at radius 1 is 1.15 bits per heavy atom. The summed E-state index contributed by atoms with van der Waals surface area (Å²) >= 11 is 0. The van der Waals surface area contributed by atoms with Crippen molar-refractivity contribution in [2.24, 2.45) is 0 Å². The van der Waals surface area contributed by atoms with Gasteiger partial charge in [-0.3, -0.25) is 14.1 Å². The molecule has 142 valence electrons. The molecule has 7 nitrogen and oxygen atoms in total. The maximum Gasteiger partial charge on any atom is 0.274 e. The third-order valence-electron chi connectivity index (χ3n) is 5.24. The first-order chi connectivity index (χ1) is 13.0. The smallest absolute Gasteiger partial charge is 0.274 e. The van der Waals surface area contributed by atoms with E-state index in [0.717, 1.165) is 23.4 Å². The Labute approximate surface area is 159 Å². The van der Waals surface area contributed by atoms with Crippen molar-refractivity contribution in [1.82, 2.24) is 14.9 Å². The zero-order chi connectivity index (χ0) is 19.0. The number of aryl methyl sites for hydroxylation is 1. The summed E-state index contributed by atoms with van der Waals surface area (Å²) in [4.78, 5) is 22.6. The van der Waals surface area contributed by atoms with Crippen LogP contribution in [0.3, 0.4) is 0 Å². The molecule has 8 heteroatoms. The van der Waals surface area contributed by atoms with Crippen LogP contribution in [0.5, 0.6) is 0 Å². The summed E-state index contributed by atoms with van der Waals surface area (Å²) in [5.41, 5.74) is 2.81. The molecule has 4 rings (SSSR count). The highest BCUT2D eigenvalue weighted by Crippen LogP contribution is 2.33. The van der Waals surface area contributed by atoms with Gasteiger partial charge in [0.25, 0.3) is 5.91 Å². The van der Waals surface area contributed by atoms with Crippen molar-refractivity contribution in [3.63, 3.8) is 0 Å². The molecule has 0 aliphatic carbocycles. The molecule has 2 aliphatic heterocycles. The Morgan fingerprint density at radius 2 is 1.96 bits per heavy atom. The van der Waals surface area contributed by atoms with E-state index in [1.807, 2.05) is 24.3 Å². The van der Waals surface area contributed by atoms with Gasteiger partial charge in [-0.2, -0.15) is 0 Å². The molecular formula is C19H22N4O3S. The van der Waals surface area contributed by atoms with Crippen LogP contribution in [-0.4, -0.2) is 54.1 Å². The van der Waals surface area contributed by atoms with Gasteiger partial charge in [-0.25, -0.2) is 13.4 Å². The van der Waals surface area contributed by atoms with Gasteiger partial charge < -0.3 is 4.90 Å². The highest BCUT2D eigenvalue weighted by molar-refractivity contribution is 7.93. The van der Waals surface area contributed by atoms with Gasteiger partial charge in [-0.05, 0) is 37.8 Å². The van der Waals surface area contributed by atoms with E-state index in [2.05, 4.69) is 9.97 Å². The molecule has 3 heterocycles. The van der Waals surface area contributed by atoms with E-state index in [1.54, 1.807) is 18.0 Å². The quantitative estimate of drug-likeness (QED) is 0.803. The summed E-state index contributed by atoms with van der Waals surface area (Å²) in [5, 5.41) is -0.597. The summed E-state index contributed by atoms with van der Waals surface area (Å²) in [6.45, 7) is 3.00. The highest BCUT2D eigenvalue weighted by Gasteiger charge is 2.39. The topological polar surface area (TPSA) is 83.5 Å². The van der Waals surface area contributed by atoms with Crippen LogP contribution in [0, 0.1) is 6.92 Å². The molecule has 0 N–H and O–H groups in total. The number of nitrogens with zero attached hydrogens (tertiary/aromatic N) is 4. The van der Waals surface area contributed by atoms with Crippen molar-refractivity contribution in [2.45, 2.75) is 31.4 Å². The number of para-hydroxylation sites is 1. The largest absolute Gasteiger partial charge is 0.336 e. The van der Waals surface area contributed by atoms with E-state index in [0.29, 0.717) is 25.9 Å². The fourth-order valence-electron chi connectivity index (χ4n) is 3.78. The summed E-state index contributed by atoms with van der Waals surface area (Å²) in [6, 6.07) is 7.61. The second-order valence-electron chi connectivity index (χ2n) is 7.05. The van der Waals surface area contributed by atoms with Gasteiger partial charge in [-0.1, -0.05) is 18.2 Å². The number of sulfonamides is 1. The number of amides is 1. The average Bonchev–Trinajstić information content (AvgIpc) is 3.13. The van der Waals surface area contributed by atoms with Crippen molar-refractivity contribution >= 4 is 21.6 Å². The third kappa shape index (κ3) is 3.29. The van der Waals surface area contributed by atoms with E-state index in [-0.39, 0.29) is 18.1 Å². The molecule has 1 aromatic carbocycles. The van der Waals surface area contributed by atoms with E-state index in [9.17, 15) is 13.2 Å². The Balaban J connectivity index is 1.54. The first-order valence-electron chi connectivity index (χ1n) is 9.14. The van der Waals surface area contributed by atoms with Gasteiger partial charge in [0.1, 0.15) is 5.69 Å². The number of rotatable bonds is 3. The number of aromatic nitrogens is 2. The predicted molar refractivity (Wildman–Crippen MR) is 102 cm³/mol. The fraction of sp³-hybridized carbons (Fsp3) is 0.421. The number of likely N-dealkylation sites (tertiary alicyclic amines) is 1. The van der Waals surface area contributed by atoms with Gasteiger partial charge >= 0.3 is 0 Å². The van der Waals surface area contributed by atoms with Gasteiger partial charge in [0.15, 0.2) is 0 Å². The van der Waals surface area contributed by atoms with Gasteiger partial charge in [0.05, 0.1) is 22.8 Å². The van der Waals surface area contributed by atoms with E-state index < -0.39 is 15.3 Å². The monoisotopic (exact) mass is 386 g/mol. The zero-order valence-corrected chi connectivity index (χ0v) is 16.0. The number of hydrogen-bond donors (Lipinski definition) is 0. The summed E-state index contributed by atoms with van der Waals surface area (Å²) in [5.74, 6) is -0.260. The fourth-order valence-corrected chi connectivity index (χ4v) is 5.77. The molecule has 27 heavy (non-hydrogen) atoms. The van der Waals surface area contributed by atoms with Crippen LogP contribution in [-0.2, 0) is 16.4 Å². The van der Waals surface area contributed by atoms with Gasteiger partial charge in [0.2, 0.25) is 10.0 Å². The lowest BCUT2D eigenvalue weighted by molar-refractivity contribution is 0.0720. The summed E-state index contributed by atoms with van der Waals surface area (Å²) in [7, 11) is -3.53. The second kappa shape index (κ2) is 6.92. The van der Waals surface area contributed by atoms with Gasteiger partial charge in [0, 0.05) is 25.8 Å². The standard InChI is InChI=1S/C19H22N4O3S/c1-14-11-21-17(12-20-14)19(24)22-9-4-6-16(13-22)27(25,26)23-10-8-15-5-2-3-7-18(15)23/h2-3,5,7,11-12,16H,4,6,8-10,13H2,1H3/t16-/m0/s1. The van der Waals surface area contributed by atoms with Crippen molar-refractivity contribution in [3.8, 4) is 0 Å². The SMILES string of the molecule is Cc1cnc(C(=O)N2CCC[C@H](S(=O)(=O)N3CCc4ccccc43)C2)cn1. The molecule has 0 saturated carbocycles. The molecule has 0 bridgehead atoms. The van der Waals surface area contributed by atoms with Crippen molar-refractivity contribution < 1.29 is 13.2 Å². The molecule has 1 atom stereocenters. The van der Waals surface area contributed by atoms with Crippen LogP contribution in [0.25, 0.3) is 0 Å². The average molecular weight is 386 g/mol. The Bertz CT molecular complexity index is 959. The Hall–Kier alpha value is -2.48. The maximum atomic E-state index is 13.3. The normalized spacial score (nSPS) is 19.8. The molecule has 2 aliphatic rings. The van der Waals surface area contributed by atoms with Crippen LogP contribution >= 0.6 is 0 Å². The maximum absolute atomic E-state index is 13.3. The predicted octanol–water partition coefficient (Wildman–Crippen LogP) is 1.78. The number of carbonyl (C=O) groups is 1. The lowest BCUT2D eigenvalue weighted by atomic mass is 10.1. The number of benzene rings is 1. The first-order valence-corrected chi connectivity index (χ1v) is 10.6. The number of carbonyl (C=O) groups excluding carboxylic acids is 1. The molecule has 1 saturated heterocycles. The molecule has 2 aromatic rings. The van der Waals surface area contributed by atoms with Crippen LogP contribution in [0.1, 0.15) is 34.6 Å². The molecule has 1 amide bonds. The van der Waals surface area contributed by atoms with E-state index >= 15 is 0 Å². The summed E-state index contributed by atoms with van der Waals surface area (Å²) in [6.07, 6.45) is 4.94. The second-order valence-corrected chi connectivity index (χ2v) is 9.19. The lowest BCUT2D eigenvalue weighted by Gasteiger charge is -2.34. The van der Waals surface area contributed by atoms with Crippen molar-refractivity contribution in [3.05, 3.63) is 53.6 Å². The van der Waals surface area contributed by atoms with Crippen LogP contribution in [0.4, 0.5) is 5.69 Å². The minimum Gasteiger partial charge on any atom is -0.336 e. The molecule has 1 fully saturated rings. The molecular weight excluding hydrogens is 364 g/mol. The highest BCUT2D eigenvalue weighted by atomic mass is 32.2. The minimum atomic E-state index is -3.53. The number of piperidine rings is 1. The Kier molecular flexibility index (Phi) is 4.59. The molecule has 0 unspecified atom stereocenters. The minimum absolute atomic E-state index is 0.190. The lowest BCUT2D eigenvalue weighted by Crippen LogP contribution is -2.49. The van der Waals surface area contributed by atoms with E-state index in [4.69, 9.17) is 0 Å². The molecule has 0 radical (unpaired) electrons. The van der Waals surface area contributed by atoms with Crippen molar-refractivity contribution in [2.75, 3.05) is 23.9 Å². The van der Waals surface area contributed by atoms with Crippen LogP contribution in [0.15, 0.2) is 36.7 Å². The molecule has 1 aromatic heterocycles. The number of hydrogen-bond acceptors (Lipinski definition) is 5. The number of anilines is 1. The molecule has 0 spiro atoms. The first kappa shape index (κ1) is 17.9. The third-order valence-corrected chi connectivity index (χ3v) is 7.46. The van der Waals surface area contributed by atoms with Crippen molar-refractivity contribution in [1.29, 1.82) is 0 Å². The number of fused-ring (bicyclic) bond motifs is 1. The zero-order valence-electron chi connectivity index (χ0n) is 15.2. The van der Waals surface area contributed by atoms with Gasteiger partial charge in [-0.15, -0.1) is 0 Å².